The van der Waals surface area contributed by atoms with E-state index in [2.05, 4.69) is 15.3 Å². The van der Waals surface area contributed by atoms with Crippen LogP contribution in [-0.2, 0) is 6.54 Å². The first-order valence-corrected chi connectivity index (χ1v) is 6.52. The van der Waals surface area contributed by atoms with Crippen LogP contribution in [0.4, 0.5) is 14.6 Å². The molecule has 0 atom stereocenters. The van der Waals surface area contributed by atoms with Crippen LogP contribution in [0.2, 0.25) is 0 Å². The molecule has 5 heteroatoms. The zero-order valence-corrected chi connectivity index (χ0v) is 11.4. The number of benzene rings is 2. The molecule has 0 spiro atoms. The number of aromatic nitrogens is 2. The molecule has 1 aromatic heterocycles. The summed E-state index contributed by atoms with van der Waals surface area (Å²) in [6, 6.07) is 9.39. The minimum absolute atomic E-state index is 0.243. The molecular weight excluding hydrogens is 272 g/mol. The SMILES string of the molecule is Cc1ccc(CNc2ncnc3ccc(F)cc23)cc1F. The first kappa shape index (κ1) is 13.4. The predicted molar refractivity (Wildman–Crippen MR) is 78.0 cm³/mol. The van der Waals surface area contributed by atoms with Gasteiger partial charge in [0.2, 0.25) is 0 Å². The fraction of sp³-hybridized carbons (Fsp3) is 0.125. The van der Waals surface area contributed by atoms with Crippen molar-refractivity contribution in [3.05, 3.63) is 65.5 Å². The van der Waals surface area contributed by atoms with Crippen LogP contribution >= 0.6 is 0 Å². The van der Waals surface area contributed by atoms with Crippen LogP contribution in [0.3, 0.4) is 0 Å². The number of anilines is 1. The van der Waals surface area contributed by atoms with Gasteiger partial charge in [-0.1, -0.05) is 12.1 Å². The van der Waals surface area contributed by atoms with Crippen LogP contribution in [0.1, 0.15) is 11.1 Å². The molecule has 0 radical (unpaired) electrons. The molecule has 0 fully saturated rings. The summed E-state index contributed by atoms with van der Waals surface area (Å²) >= 11 is 0. The van der Waals surface area contributed by atoms with Crippen LogP contribution in [0.15, 0.2) is 42.7 Å². The van der Waals surface area contributed by atoms with Gasteiger partial charge < -0.3 is 5.32 Å². The van der Waals surface area contributed by atoms with Gasteiger partial charge in [-0.15, -0.1) is 0 Å². The Hall–Kier alpha value is -2.56. The Balaban J connectivity index is 1.88. The first-order chi connectivity index (χ1) is 10.1. The highest BCUT2D eigenvalue weighted by atomic mass is 19.1. The molecule has 1 heterocycles. The lowest BCUT2D eigenvalue weighted by atomic mass is 10.1. The van der Waals surface area contributed by atoms with Gasteiger partial charge in [-0.05, 0) is 42.3 Å². The molecule has 3 aromatic rings. The smallest absolute Gasteiger partial charge is 0.137 e. The lowest BCUT2D eigenvalue weighted by Gasteiger charge is -2.09. The third kappa shape index (κ3) is 2.81. The third-order valence-electron chi connectivity index (χ3n) is 3.29. The number of halogens is 2. The number of rotatable bonds is 3. The predicted octanol–water partition coefficient (Wildman–Crippen LogP) is 3.83. The second-order valence-electron chi connectivity index (χ2n) is 4.82. The van der Waals surface area contributed by atoms with E-state index in [0.29, 0.717) is 28.8 Å². The fourth-order valence-electron chi connectivity index (χ4n) is 2.10. The van der Waals surface area contributed by atoms with E-state index < -0.39 is 0 Å². The first-order valence-electron chi connectivity index (χ1n) is 6.52. The summed E-state index contributed by atoms with van der Waals surface area (Å²) in [5, 5.41) is 3.70. The Morgan fingerprint density at radius 2 is 1.90 bits per heavy atom. The standard InChI is InChI=1S/C16H13F2N3/c1-10-2-3-11(6-14(10)18)8-19-16-13-7-12(17)4-5-15(13)20-9-21-16/h2-7,9H,8H2,1H3,(H,19,20,21). The lowest BCUT2D eigenvalue weighted by Crippen LogP contribution is -2.03. The van der Waals surface area contributed by atoms with E-state index in [-0.39, 0.29) is 11.6 Å². The molecule has 0 aliphatic heterocycles. The highest BCUT2D eigenvalue weighted by Gasteiger charge is 2.05. The Kier molecular flexibility index (Phi) is 3.48. The van der Waals surface area contributed by atoms with Crippen molar-refractivity contribution in [2.45, 2.75) is 13.5 Å². The van der Waals surface area contributed by atoms with Crippen molar-refractivity contribution in [1.29, 1.82) is 0 Å². The van der Waals surface area contributed by atoms with Gasteiger partial charge in [-0.25, -0.2) is 18.7 Å². The number of hydrogen-bond donors (Lipinski definition) is 1. The Morgan fingerprint density at radius 3 is 2.71 bits per heavy atom. The molecule has 0 aliphatic rings. The van der Waals surface area contributed by atoms with Crippen LogP contribution in [0.5, 0.6) is 0 Å². The zero-order valence-electron chi connectivity index (χ0n) is 11.4. The Bertz CT molecular complexity index is 803. The number of nitrogens with one attached hydrogen (secondary N) is 1. The molecule has 21 heavy (non-hydrogen) atoms. The number of fused-ring (bicyclic) bond motifs is 1. The summed E-state index contributed by atoms with van der Waals surface area (Å²) in [6.45, 7) is 2.12. The molecule has 106 valence electrons. The van der Waals surface area contributed by atoms with Gasteiger partial charge in [0, 0.05) is 11.9 Å². The fourth-order valence-corrected chi connectivity index (χ4v) is 2.10. The molecule has 2 aromatic carbocycles. The minimum atomic E-state index is -0.346. The average molecular weight is 285 g/mol. The van der Waals surface area contributed by atoms with Crippen molar-refractivity contribution in [2.75, 3.05) is 5.32 Å². The molecule has 0 saturated heterocycles. The van der Waals surface area contributed by atoms with E-state index in [0.717, 1.165) is 5.56 Å². The normalized spacial score (nSPS) is 10.8. The van der Waals surface area contributed by atoms with Crippen molar-refractivity contribution < 1.29 is 8.78 Å². The van der Waals surface area contributed by atoms with E-state index in [1.165, 1.54) is 24.5 Å². The van der Waals surface area contributed by atoms with Crippen LogP contribution < -0.4 is 5.32 Å². The molecule has 1 N–H and O–H groups in total. The van der Waals surface area contributed by atoms with Crippen molar-refractivity contribution in [2.24, 2.45) is 0 Å². The maximum atomic E-state index is 13.5. The Labute approximate surface area is 120 Å². The quantitative estimate of drug-likeness (QED) is 0.794. The topological polar surface area (TPSA) is 37.8 Å². The maximum absolute atomic E-state index is 13.5. The molecule has 0 amide bonds. The third-order valence-corrected chi connectivity index (χ3v) is 3.29. The lowest BCUT2D eigenvalue weighted by molar-refractivity contribution is 0.616. The average Bonchev–Trinajstić information content (AvgIpc) is 2.48. The van der Waals surface area contributed by atoms with Gasteiger partial charge in [0.15, 0.2) is 0 Å². The highest BCUT2D eigenvalue weighted by molar-refractivity contribution is 5.88. The Morgan fingerprint density at radius 1 is 1.05 bits per heavy atom. The summed E-state index contributed by atoms with van der Waals surface area (Å²) in [4.78, 5) is 8.21. The van der Waals surface area contributed by atoms with Crippen molar-refractivity contribution >= 4 is 16.7 Å². The van der Waals surface area contributed by atoms with E-state index in [1.54, 1.807) is 19.1 Å². The monoisotopic (exact) mass is 285 g/mol. The van der Waals surface area contributed by atoms with Gasteiger partial charge in [0.05, 0.1) is 5.52 Å². The zero-order chi connectivity index (χ0) is 14.8. The number of hydrogen-bond acceptors (Lipinski definition) is 3. The second kappa shape index (κ2) is 5.44. The van der Waals surface area contributed by atoms with E-state index in [1.807, 2.05) is 6.07 Å². The number of aryl methyl sites for hydroxylation is 1. The molecular formula is C16H13F2N3. The van der Waals surface area contributed by atoms with E-state index in [4.69, 9.17) is 0 Å². The second-order valence-corrected chi connectivity index (χ2v) is 4.82. The molecule has 0 aliphatic carbocycles. The van der Waals surface area contributed by atoms with Gasteiger partial charge >= 0.3 is 0 Å². The summed E-state index contributed by atoms with van der Waals surface area (Å²) in [6.07, 6.45) is 1.41. The van der Waals surface area contributed by atoms with Gasteiger partial charge in [-0.2, -0.15) is 0 Å². The molecule has 0 bridgehead atoms. The van der Waals surface area contributed by atoms with Crippen LogP contribution in [0, 0.1) is 18.6 Å². The summed E-state index contributed by atoms with van der Waals surface area (Å²) < 4.78 is 26.9. The van der Waals surface area contributed by atoms with Gasteiger partial charge in [0.25, 0.3) is 0 Å². The molecule has 0 saturated carbocycles. The molecule has 3 nitrogen and oxygen atoms in total. The van der Waals surface area contributed by atoms with Crippen LogP contribution in [0.25, 0.3) is 10.9 Å². The summed E-state index contributed by atoms with van der Waals surface area (Å²) in [7, 11) is 0. The van der Waals surface area contributed by atoms with E-state index >= 15 is 0 Å². The van der Waals surface area contributed by atoms with Crippen LogP contribution in [-0.4, -0.2) is 9.97 Å². The maximum Gasteiger partial charge on any atom is 0.137 e. The molecule has 0 unspecified atom stereocenters. The largest absolute Gasteiger partial charge is 0.365 e. The van der Waals surface area contributed by atoms with Crippen molar-refractivity contribution in [1.82, 2.24) is 9.97 Å². The minimum Gasteiger partial charge on any atom is -0.365 e. The van der Waals surface area contributed by atoms with E-state index in [9.17, 15) is 8.78 Å². The number of nitrogens with zero attached hydrogens (tertiary/aromatic N) is 2. The van der Waals surface area contributed by atoms with Gasteiger partial charge in [0.1, 0.15) is 23.8 Å². The highest BCUT2D eigenvalue weighted by Crippen LogP contribution is 2.21. The molecule has 3 rings (SSSR count). The van der Waals surface area contributed by atoms with Crippen molar-refractivity contribution in [3.8, 4) is 0 Å². The van der Waals surface area contributed by atoms with Crippen molar-refractivity contribution in [3.63, 3.8) is 0 Å². The summed E-state index contributed by atoms with van der Waals surface area (Å²) in [5.74, 6) is -0.0601. The summed E-state index contributed by atoms with van der Waals surface area (Å²) in [5.41, 5.74) is 2.05. The van der Waals surface area contributed by atoms with Gasteiger partial charge in [-0.3, -0.25) is 0 Å².